The first kappa shape index (κ1) is 17.9. The highest BCUT2D eigenvalue weighted by Crippen LogP contribution is 2.18. The van der Waals surface area contributed by atoms with E-state index < -0.39 is 5.82 Å². The molecule has 2 N–H and O–H groups in total. The third-order valence-corrected chi connectivity index (χ3v) is 3.44. The Labute approximate surface area is 144 Å². The molecule has 0 atom stereocenters. The molecule has 0 radical (unpaired) electrons. The van der Waals surface area contributed by atoms with Gasteiger partial charge in [-0.2, -0.15) is 5.26 Å². The van der Waals surface area contributed by atoms with Crippen LogP contribution >= 0.6 is 0 Å². The lowest BCUT2D eigenvalue weighted by molar-refractivity contribution is -0.116. The zero-order valence-corrected chi connectivity index (χ0v) is 13.4. The zero-order chi connectivity index (χ0) is 18.2. The van der Waals surface area contributed by atoms with Gasteiger partial charge in [0.2, 0.25) is 11.8 Å². The number of amides is 2. The molecule has 0 bridgehead atoms. The summed E-state index contributed by atoms with van der Waals surface area (Å²) in [5, 5.41) is 13.9. The second-order valence-corrected chi connectivity index (χ2v) is 5.22. The van der Waals surface area contributed by atoms with Gasteiger partial charge in [-0.25, -0.2) is 4.39 Å². The number of benzene rings is 2. The monoisotopic (exact) mass is 337 g/mol. The molecule has 0 heterocycles. The van der Waals surface area contributed by atoms with E-state index >= 15 is 0 Å². The number of carbonyl (C=O) groups excluding carboxylic acids is 2. The fraction of sp³-hybridized carbons (Fsp3) is 0.105. The molecule has 2 aromatic rings. The third-order valence-electron chi connectivity index (χ3n) is 3.44. The molecule has 2 amide bonds. The molecule has 5 nitrogen and oxygen atoms in total. The highest BCUT2D eigenvalue weighted by Gasteiger charge is 2.10. The Kier molecular flexibility index (Phi) is 6.02. The van der Waals surface area contributed by atoms with Crippen molar-refractivity contribution in [1.82, 2.24) is 0 Å². The van der Waals surface area contributed by atoms with Gasteiger partial charge in [0.1, 0.15) is 6.07 Å². The standard InChI is InChI=1S/C19H16FN3O2/c1-2-17(24)22-15-9-6-13(7-10-15)8-11-18(25)23-16-5-3-4-14(12-21)19(16)20/h2-7,9-10H,1,8,11H2,(H,22,24)(H,23,25). The second-order valence-electron chi connectivity index (χ2n) is 5.22. The Morgan fingerprint density at radius 1 is 1.16 bits per heavy atom. The van der Waals surface area contributed by atoms with Crippen molar-refractivity contribution in [3.8, 4) is 6.07 Å². The van der Waals surface area contributed by atoms with Crippen LogP contribution in [0.5, 0.6) is 0 Å². The fourth-order valence-electron chi connectivity index (χ4n) is 2.13. The summed E-state index contributed by atoms with van der Waals surface area (Å²) in [6.45, 7) is 3.37. The summed E-state index contributed by atoms with van der Waals surface area (Å²) in [4.78, 5) is 23.2. The van der Waals surface area contributed by atoms with E-state index in [2.05, 4.69) is 17.2 Å². The van der Waals surface area contributed by atoms with Crippen molar-refractivity contribution in [3.63, 3.8) is 0 Å². The minimum atomic E-state index is -0.735. The van der Waals surface area contributed by atoms with Gasteiger partial charge in [0, 0.05) is 12.1 Å². The Morgan fingerprint density at radius 3 is 2.52 bits per heavy atom. The zero-order valence-electron chi connectivity index (χ0n) is 13.4. The van der Waals surface area contributed by atoms with Gasteiger partial charge in [0.15, 0.2) is 5.82 Å². The molecule has 0 aromatic heterocycles. The first-order valence-electron chi connectivity index (χ1n) is 7.54. The van der Waals surface area contributed by atoms with Crippen molar-refractivity contribution in [2.24, 2.45) is 0 Å². The fourth-order valence-corrected chi connectivity index (χ4v) is 2.13. The maximum Gasteiger partial charge on any atom is 0.247 e. The molecule has 0 unspecified atom stereocenters. The first-order chi connectivity index (χ1) is 12.0. The van der Waals surface area contributed by atoms with Crippen LogP contribution in [0.2, 0.25) is 0 Å². The van der Waals surface area contributed by atoms with Gasteiger partial charge in [-0.05, 0) is 42.3 Å². The van der Waals surface area contributed by atoms with Crippen LogP contribution in [-0.4, -0.2) is 11.8 Å². The van der Waals surface area contributed by atoms with Crippen molar-refractivity contribution in [2.75, 3.05) is 10.6 Å². The highest BCUT2D eigenvalue weighted by molar-refractivity contribution is 5.98. The van der Waals surface area contributed by atoms with Crippen molar-refractivity contribution in [2.45, 2.75) is 12.8 Å². The van der Waals surface area contributed by atoms with E-state index in [1.54, 1.807) is 30.3 Å². The summed E-state index contributed by atoms with van der Waals surface area (Å²) in [7, 11) is 0. The highest BCUT2D eigenvalue weighted by atomic mass is 19.1. The van der Waals surface area contributed by atoms with Crippen LogP contribution in [0.1, 0.15) is 17.5 Å². The second kappa shape index (κ2) is 8.41. The molecular formula is C19H16FN3O2. The molecule has 0 saturated carbocycles. The van der Waals surface area contributed by atoms with Crippen LogP contribution in [0, 0.1) is 17.1 Å². The number of hydrogen-bond donors (Lipinski definition) is 2. The predicted molar refractivity (Wildman–Crippen MR) is 93.3 cm³/mol. The molecule has 2 aromatic carbocycles. The Hall–Kier alpha value is -3.46. The van der Waals surface area contributed by atoms with Crippen LogP contribution in [-0.2, 0) is 16.0 Å². The van der Waals surface area contributed by atoms with Crippen LogP contribution in [0.15, 0.2) is 55.1 Å². The number of nitriles is 1. The number of anilines is 2. The summed E-state index contributed by atoms with van der Waals surface area (Å²) >= 11 is 0. The predicted octanol–water partition coefficient (Wildman–Crippen LogP) is 3.39. The van der Waals surface area contributed by atoms with Crippen molar-refractivity contribution >= 4 is 23.2 Å². The number of carbonyl (C=O) groups is 2. The first-order valence-corrected chi connectivity index (χ1v) is 7.54. The maximum atomic E-state index is 13.9. The van der Waals surface area contributed by atoms with Crippen molar-refractivity contribution < 1.29 is 14.0 Å². The topological polar surface area (TPSA) is 82.0 Å². The number of hydrogen-bond acceptors (Lipinski definition) is 3. The lowest BCUT2D eigenvalue weighted by atomic mass is 10.1. The molecule has 0 fully saturated rings. The summed E-state index contributed by atoms with van der Waals surface area (Å²) in [5.41, 5.74) is 1.41. The average Bonchev–Trinajstić information content (AvgIpc) is 2.62. The summed E-state index contributed by atoms with van der Waals surface area (Å²) in [6.07, 6.45) is 1.80. The van der Waals surface area contributed by atoms with E-state index in [0.717, 1.165) is 5.56 Å². The average molecular weight is 337 g/mol. The van der Waals surface area contributed by atoms with Crippen LogP contribution < -0.4 is 10.6 Å². The van der Waals surface area contributed by atoms with E-state index in [4.69, 9.17) is 5.26 Å². The summed E-state index contributed by atoms with van der Waals surface area (Å²) in [5.74, 6) is -1.38. The molecule has 2 rings (SSSR count). The van der Waals surface area contributed by atoms with Gasteiger partial charge in [0.25, 0.3) is 0 Å². The van der Waals surface area contributed by atoms with Gasteiger partial charge in [0.05, 0.1) is 11.3 Å². The number of nitrogens with zero attached hydrogens (tertiary/aromatic N) is 1. The molecular weight excluding hydrogens is 321 g/mol. The van der Waals surface area contributed by atoms with E-state index in [0.29, 0.717) is 12.1 Å². The minimum absolute atomic E-state index is 0.00784. The summed E-state index contributed by atoms with van der Waals surface area (Å²) < 4.78 is 13.9. The van der Waals surface area contributed by atoms with E-state index in [1.807, 2.05) is 0 Å². The Bertz CT molecular complexity index is 839. The molecule has 0 saturated heterocycles. The van der Waals surface area contributed by atoms with Crippen molar-refractivity contribution in [3.05, 3.63) is 72.1 Å². The van der Waals surface area contributed by atoms with Gasteiger partial charge in [-0.15, -0.1) is 0 Å². The smallest absolute Gasteiger partial charge is 0.247 e. The lowest BCUT2D eigenvalue weighted by Gasteiger charge is -2.08. The van der Waals surface area contributed by atoms with Crippen LogP contribution in [0.3, 0.4) is 0 Å². The number of rotatable bonds is 6. The van der Waals surface area contributed by atoms with Gasteiger partial charge < -0.3 is 10.6 Å². The van der Waals surface area contributed by atoms with E-state index in [1.165, 1.54) is 24.3 Å². The molecule has 0 aliphatic rings. The third kappa shape index (κ3) is 5.01. The normalized spacial score (nSPS) is 9.76. The molecule has 25 heavy (non-hydrogen) atoms. The van der Waals surface area contributed by atoms with Crippen LogP contribution in [0.4, 0.5) is 15.8 Å². The number of halogens is 1. The molecule has 0 aliphatic heterocycles. The molecule has 6 heteroatoms. The van der Waals surface area contributed by atoms with E-state index in [-0.39, 0.29) is 29.5 Å². The molecule has 0 aliphatic carbocycles. The quantitative estimate of drug-likeness (QED) is 0.793. The SMILES string of the molecule is C=CC(=O)Nc1ccc(CCC(=O)Nc2cccc(C#N)c2F)cc1. The van der Waals surface area contributed by atoms with Gasteiger partial charge >= 0.3 is 0 Å². The van der Waals surface area contributed by atoms with Gasteiger partial charge in [-0.3, -0.25) is 9.59 Å². The Balaban J connectivity index is 1.91. The summed E-state index contributed by atoms with van der Waals surface area (Å²) in [6, 6.07) is 13.0. The largest absolute Gasteiger partial charge is 0.324 e. The van der Waals surface area contributed by atoms with Gasteiger partial charge in [-0.1, -0.05) is 24.8 Å². The molecule has 0 spiro atoms. The minimum Gasteiger partial charge on any atom is -0.324 e. The lowest BCUT2D eigenvalue weighted by Crippen LogP contribution is -2.14. The van der Waals surface area contributed by atoms with Crippen molar-refractivity contribution in [1.29, 1.82) is 5.26 Å². The molecule has 126 valence electrons. The maximum absolute atomic E-state index is 13.9. The van der Waals surface area contributed by atoms with Crippen LogP contribution in [0.25, 0.3) is 0 Å². The Morgan fingerprint density at radius 2 is 1.88 bits per heavy atom. The number of nitrogens with one attached hydrogen (secondary N) is 2. The van der Waals surface area contributed by atoms with E-state index in [9.17, 15) is 14.0 Å². The number of aryl methyl sites for hydroxylation is 1.